The van der Waals surface area contributed by atoms with Crippen LogP contribution in [-0.4, -0.2) is 36.3 Å². The molecule has 1 aromatic rings. The van der Waals surface area contributed by atoms with Crippen molar-refractivity contribution >= 4 is 11.8 Å². The second kappa shape index (κ2) is 7.43. The van der Waals surface area contributed by atoms with Crippen LogP contribution in [0.25, 0.3) is 0 Å². The lowest BCUT2D eigenvalue weighted by Crippen LogP contribution is -2.43. The lowest BCUT2D eigenvalue weighted by Gasteiger charge is -2.35. The normalized spacial score (nSPS) is 21.5. The molecule has 0 aromatic heterocycles. The molecule has 2 amide bonds. The zero-order chi connectivity index (χ0) is 16.1. The van der Waals surface area contributed by atoms with Crippen molar-refractivity contribution in [3.63, 3.8) is 0 Å². The molecule has 0 radical (unpaired) electrons. The third kappa shape index (κ3) is 4.58. The van der Waals surface area contributed by atoms with Gasteiger partial charge in [0.15, 0.2) is 0 Å². The molecular formula is C18H26N2O2. The summed E-state index contributed by atoms with van der Waals surface area (Å²) < 4.78 is 0. The van der Waals surface area contributed by atoms with Gasteiger partial charge < -0.3 is 10.2 Å². The van der Waals surface area contributed by atoms with Crippen LogP contribution < -0.4 is 5.32 Å². The number of nitrogens with one attached hydrogen (secondary N) is 1. The molecule has 22 heavy (non-hydrogen) atoms. The number of hydrogen-bond donors (Lipinski definition) is 1. The maximum Gasteiger partial charge on any atom is 0.251 e. The summed E-state index contributed by atoms with van der Waals surface area (Å²) in [5.74, 6) is 1.16. The molecule has 0 saturated carbocycles. The second-order valence-corrected chi connectivity index (χ2v) is 6.62. The van der Waals surface area contributed by atoms with Gasteiger partial charge in [0.25, 0.3) is 5.91 Å². The Balaban J connectivity index is 1.78. The number of rotatable bonds is 4. The van der Waals surface area contributed by atoms with Crippen molar-refractivity contribution in [1.29, 1.82) is 0 Å². The number of likely N-dealkylation sites (tertiary alicyclic amines) is 1. The molecule has 4 nitrogen and oxygen atoms in total. The van der Waals surface area contributed by atoms with Crippen LogP contribution in [0.15, 0.2) is 24.3 Å². The van der Waals surface area contributed by atoms with E-state index in [1.807, 2.05) is 30.0 Å². The first-order chi connectivity index (χ1) is 10.5. The molecule has 1 aromatic carbocycles. The smallest absolute Gasteiger partial charge is 0.251 e. The zero-order valence-electron chi connectivity index (χ0n) is 13.8. The van der Waals surface area contributed by atoms with Gasteiger partial charge in [0.05, 0.1) is 0 Å². The number of hydrogen-bond acceptors (Lipinski definition) is 2. The minimum Gasteiger partial charge on any atom is -0.352 e. The molecule has 1 N–H and O–H groups in total. The first-order valence-electron chi connectivity index (χ1n) is 8.08. The Hall–Kier alpha value is -1.84. The van der Waals surface area contributed by atoms with Gasteiger partial charge in [0, 0.05) is 31.6 Å². The van der Waals surface area contributed by atoms with Gasteiger partial charge in [-0.15, -0.1) is 0 Å². The Labute approximate surface area is 132 Å². The van der Waals surface area contributed by atoms with Crippen LogP contribution in [0.3, 0.4) is 0 Å². The Morgan fingerprint density at radius 3 is 2.55 bits per heavy atom. The summed E-state index contributed by atoms with van der Waals surface area (Å²) in [7, 11) is 0. The van der Waals surface area contributed by atoms with Crippen molar-refractivity contribution in [3.8, 4) is 0 Å². The second-order valence-electron chi connectivity index (χ2n) is 6.62. The van der Waals surface area contributed by atoms with Gasteiger partial charge in [-0.1, -0.05) is 31.5 Å². The average Bonchev–Trinajstić information content (AvgIpc) is 2.46. The van der Waals surface area contributed by atoms with Gasteiger partial charge in [-0.25, -0.2) is 0 Å². The molecule has 120 valence electrons. The van der Waals surface area contributed by atoms with Crippen LogP contribution in [0, 0.1) is 18.8 Å². The number of nitrogens with zero attached hydrogens (tertiary/aromatic N) is 1. The highest BCUT2D eigenvalue weighted by atomic mass is 16.2. The summed E-state index contributed by atoms with van der Waals surface area (Å²) in [6.45, 7) is 8.42. The van der Waals surface area contributed by atoms with E-state index < -0.39 is 0 Å². The third-order valence-corrected chi connectivity index (χ3v) is 4.13. The number of amides is 2. The predicted octanol–water partition coefficient (Wildman–Crippen LogP) is 2.62. The fraction of sp³-hybridized carbons (Fsp3) is 0.556. The number of aryl methyl sites for hydroxylation is 1. The lowest BCUT2D eigenvalue weighted by atomic mass is 9.92. The number of benzene rings is 1. The molecule has 0 unspecified atom stereocenters. The highest BCUT2D eigenvalue weighted by Crippen LogP contribution is 2.21. The van der Waals surface area contributed by atoms with E-state index in [-0.39, 0.29) is 11.8 Å². The predicted molar refractivity (Wildman–Crippen MR) is 87.7 cm³/mol. The van der Waals surface area contributed by atoms with Crippen molar-refractivity contribution in [2.75, 3.05) is 19.6 Å². The Kier molecular flexibility index (Phi) is 5.58. The van der Waals surface area contributed by atoms with E-state index in [0.717, 1.165) is 18.7 Å². The van der Waals surface area contributed by atoms with Crippen LogP contribution in [0.4, 0.5) is 0 Å². The third-order valence-electron chi connectivity index (χ3n) is 4.13. The maximum atomic E-state index is 12.2. The molecule has 0 aliphatic carbocycles. The van der Waals surface area contributed by atoms with E-state index in [1.165, 1.54) is 6.42 Å². The van der Waals surface area contributed by atoms with E-state index in [9.17, 15) is 9.59 Å². The summed E-state index contributed by atoms with van der Waals surface area (Å²) in [6, 6.07) is 7.47. The standard InChI is InChI=1S/C18H26N2O2/c1-13-5-4-6-16(10-13)18(22)19-8-7-17(21)20-11-14(2)9-15(3)12-20/h4-6,10,14-15H,7-9,11-12H2,1-3H3,(H,19,22)/t14-,15-/m1/s1. The molecule has 1 aliphatic heterocycles. The van der Waals surface area contributed by atoms with E-state index in [1.54, 1.807) is 6.07 Å². The van der Waals surface area contributed by atoms with Gasteiger partial charge >= 0.3 is 0 Å². The van der Waals surface area contributed by atoms with Gasteiger partial charge in [-0.3, -0.25) is 9.59 Å². The maximum absolute atomic E-state index is 12.2. The zero-order valence-corrected chi connectivity index (χ0v) is 13.8. The van der Waals surface area contributed by atoms with Crippen LogP contribution >= 0.6 is 0 Å². The summed E-state index contributed by atoms with van der Waals surface area (Å²) in [4.78, 5) is 26.2. The Morgan fingerprint density at radius 2 is 1.91 bits per heavy atom. The molecule has 2 rings (SSSR count). The Bertz CT molecular complexity index is 532. The fourth-order valence-electron chi connectivity index (χ4n) is 3.20. The van der Waals surface area contributed by atoms with Crippen LogP contribution in [0.1, 0.15) is 42.6 Å². The van der Waals surface area contributed by atoms with Gasteiger partial charge in [0.1, 0.15) is 0 Å². The van der Waals surface area contributed by atoms with Gasteiger partial charge in [0.2, 0.25) is 5.91 Å². The topological polar surface area (TPSA) is 49.4 Å². The van der Waals surface area contributed by atoms with Crippen LogP contribution in [-0.2, 0) is 4.79 Å². The molecule has 1 fully saturated rings. The van der Waals surface area contributed by atoms with Crippen molar-refractivity contribution in [3.05, 3.63) is 35.4 Å². The summed E-state index contributed by atoms with van der Waals surface area (Å²) >= 11 is 0. The van der Waals surface area contributed by atoms with E-state index in [0.29, 0.717) is 30.4 Å². The van der Waals surface area contributed by atoms with Crippen molar-refractivity contribution in [2.45, 2.75) is 33.6 Å². The summed E-state index contributed by atoms with van der Waals surface area (Å²) in [5.41, 5.74) is 1.70. The minimum absolute atomic E-state index is 0.114. The van der Waals surface area contributed by atoms with Crippen LogP contribution in [0.2, 0.25) is 0 Å². The molecule has 1 aliphatic rings. The van der Waals surface area contributed by atoms with Crippen LogP contribution in [0.5, 0.6) is 0 Å². The first kappa shape index (κ1) is 16.5. The number of piperidine rings is 1. The minimum atomic E-state index is -0.114. The molecule has 1 saturated heterocycles. The first-order valence-corrected chi connectivity index (χ1v) is 8.08. The van der Waals surface area contributed by atoms with Crippen molar-refractivity contribution in [2.24, 2.45) is 11.8 Å². The molecule has 4 heteroatoms. The lowest BCUT2D eigenvalue weighted by molar-refractivity contribution is -0.133. The van der Waals surface area contributed by atoms with E-state index in [2.05, 4.69) is 19.2 Å². The molecule has 0 bridgehead atoms. The number of carbonyl (C=O) groups is 2. The van der Waals surface area contributed by atoms with E-state index >= 15 is 0 Å². The highest BCUT2D eigenvalue weighted by molar-refractivity contribution is 5.94. The SMILES string of the molecule is Cc1cccc(C(=O)NCCC(=O)N2C[C@H](C)C[C@@H](C)C2)c1. The Morgan fingerprint density at radius 1 is 1.23 bits per heavy atom. The quantitative estimate of drug-likeness (QED) is 0.929. The van der Waals surface area contributed by atoms with E-state index in [4.69, 9.17) is 0 Å². The van der Waals surface area contributed by atoms with Crippen molar-refractivity contribution in [1.82, 2.24) is 10.2 Å². The molecule has 2 atom stereocenters. The summed E-state index contributed by atoms with van der Waals surface area (Å²) in [5, 5.41) is 2.83. The monoisotopic (exact) mass is 302 g/mol. The summed E-state index contributed by atoms with van der Waals surface area (Å²) in [6.07, 6.45) is 1.56. The van der Waals surface area contributed by atoms with Gasteiger partial charge in [-0.2, -0.15) is 0 Å². The number of carbonyl (C=O) groups excluding carboxylic acids is 2. The molecule has 0 spiro atoms. The fourth-order valence-corrected chi connectivity index (χ4v) is 3.20. The molecule has 1 heterocycles. The largest absolute Gasteiger partial charge is 0.352 e. The molecular weight excluding hydrogens is 276 g/mol. The highest BCUT2D eigenvalue weighted by Gasteiger charge is 2.24. The van der Waals surface area contributed by atoms with Gasteiger partial charge in [-0.05, 0) is 37.3 Å². The average molecular weight is 302 g/mol. The van der Waals surface area contributed by atoms with Crippen molar-refractivity contribution < 1.29 is 9.59 Å².